The van der Waals surface area contributed by atoms with Gasteiger partial charge in [0.1, 0.15) is 18.2 Å². The molecule has 0 aliphatic rings. The maximum Gasteiger partial charge on any atom is 0.325 e. The zero-order valence-corrected chi connectivity index (χ0v) is 12.8. The molecule has 0 atom stereocenters. The summed E-state index contributed by atoms with van der Waals surface area (Å²) >= 11 is 0. The number of rotatable bonds is 6. The Bertz CT molecular complexity index is 509. The van der Waals surface area contributed by atoms with Crippen molar-refractivity contribution >= 4 is 11.8 Å². The van der Waals surface area contributed by atoms with Crippen molar-refractivity contribution in [3.05, 3.63) is 22.2 Å². The average Bonchev–Trinajstić information content (AvgIpc) is 2.35. The van der Waals surface area contributed by atoms with Crippen LogP contribution in [0.15, 0.2) is 10.9 Å². The standard InChI is InChI=1S/C14H23N3O3/c1-6-20-13(19)8-17(10(4)5)11-7-12(18)16-14(15-11)9(2)3/h7,9-10H,6,8H2,1-5H3,(H,15,16,18). The number of hydrogen-bond donors (Lipinski definition) is 1. The Morgan fingerprint density at radius 2 is 2.05 bits per heavy atom. The fourth-order valence-electron chi connectivity index (χ4n) is 1.76. The molecule has 1 aromatic heterocycles. The van der Waals surface area contributed by atoms with Gasteiger partial charge in [0, 0.05) is 18.0 Å². The van der Waals surface area contributed by atoms with Crippen molar-refractivity contribution in [1.82, 2.24) is 9.97 Å². The Morgan fingerprint density at radius 3 is 2.55 bits per heavy atom. The van der Waals surface area contributed by atoms with Crippen molar-refractivity contribution in [2.24, 2.45) is 0 Å². The van der Waals surface area contributed by atoms with E-state index < -0.39 is 0 Å². The predicted octanol–water partition coefficient (Wildman–Crippen LogP) is 1.67. The number of nitrogens with one attached hydrogen (secondary N) is 1. The molecule has 1 N–H and O–H groups in total. The zero-order chi connectivity index (χ0) is 15.3. The van der Waals surface area contributed by atoms with Crippen molar-refractivity contribution < 1.29 is 9.53 Å². The van der Waals surface area contributed by atoms with Crippen LogP contribution in [0.1, 0.15) is 46.4 Å². The quantitative estimate of drug-likeness (QED) is 0.803. The summed E-state index contributed by atoms with van der Waals surface area (Å²) in [4.78, 5) is 32.3. The lowest BCUT2D eigenvalue weighted by Crippen LogP contribution is -2.38. The molecular formula is C14H23N3O3. The molecule has 112 valence electrons. The van der Waals surface area contributed by atoms with Gasteiger partial charge in [0.2, 0.25) is 0 Å². The van der Waals surface area contributed by atoms with Gasteiger partial charge in [-0.25, -0.2) is 4.98 Å². The van der Waals surface area contributed by atoms with Crippen molar-refractivity contribution in [3.63, 3.8) is 0 Å². The summed E-state index contributed by atoms with van der Waals surface area (Å²) in [6.45, 7) is 9.97. The molecule has 6 heteroatoms. The molecule has 0 aliphatic carbocycles. The molecule has 0 aliphatic heterocycles. The maximum atomic E-state index is 11.7. The number of aromatic nitrogens is 2. The van der Waals surface area contributed by atoms with Crippen LogP contribution in [-0.4, -0.2) is 35.1 Å². The summed E-state index contributed by atoms with van der Waals surface area (Å²) in [5.41, 5.74) is -0.215. The second-order valence-electron chi connectivity index (χ2n) is 5.17. The average molecular weight is 281 g/mol. The van der Waals surface area contributed by atoms with Crippen molar-refractivity contribution in [3.8, 4) is 0 Å². The molecule has 1 aromatic rings. The second kappa shape index (κ2) is 7.07. The highest BCUT2D eigenvalue weighted by atomic mass is 16.5. The number of ether oxygens (including phenoxy) is 1. The van der Waals surface area contributed by atoms with Gasteiger partial charge in [-0.1, -0.05) is 13.8 Å². The fraction of sp³-hybridized carbons (Fsp3) is 0.643. The van der Waals surface area contributed by atoms with Gasteiger partial charge in [-0.3, -0.25) is 9.59 Å². The molecule has 0 spiro atoms. The van der Waals surface area contributed by atoms with E-state index in [4.69, 9.17) is 4.74 Å². The maximum absolute atomic E-state index is 11.7. The Balaban J connectivity index is 3.08. The highest BCUT2D eigenvalue weighted by Crippen LogP contribution is 2.15. The van der Waals surface area contributed by atoms with Crippen LogP contribution >= 0.6 is 0 Å². The number of carbonyl (C=O) groups excluding carboxylic acids is 1. The topological polar surface area (TPSA) is 75.3 Å². The van der Waals surface area contributed by atoms with Crippen molar-refractivity contribution in [2.75, 3.05) is 18.1 Å². The fourth-order valence-corrected chi connectivity index (χ4v) is 1.76. The van der Waals surface area contributed by atoms with Gasteiger partial charge in [0.05, 0.1) is 6.61 Å². The summed E-state index contributed by atoms with van der Waals surface area (Å²) in [5.74, 6) is 0.899. The SMILES string of the molecule is CCOC(=O)CN(c1cc(=O)[nH]c(C(C)C)n1)C(C)C. The molecule has 1 rings (SSSR count). The van der Waals surface area contributed by atoms with E-state index in [0.717, 1.165) is 0 Å². The van der Waals surface area contributed by atoms with Gasteiger partial charge in [0.25, 0.3) is 5.56 Å². The molecule has 0 bridgehead atoms. The van der Waals surface area contributed by atoms with Gasteiger partial charge in [-0.05, 0) is 20.8 Å². The van der Waals surface area contributed by atoms with Crippen molar-refractivity contribution in [2.45, 2.75) is 46.6 Å². The van der Waals surface area contributed by atoms with Crippen LogP contribution in [0.3, 0.4) is 0 Å². The number of nitrogens with zero attached hydrogens (tertiary/aromatic N) is 2. The number of esters is 1. The summed E-state index contributed by atoms with van der Waals surface area (Å²) in [6.07, 6.45) is 0. The third-order valence-electron chi connectivity index (χ3n) is 2.82. The minimum absolute atomic E-state index is 0.0359. The van der Waals surface area contributed by atoms with Crippen LogP contribution in [0.25, 0.3) is 0 Å². The van der Waals surface area contributed by atoms with Gasteiger partial charge in [-0.2, -0.15) is 0 Å². The molecular weight excluding hydrogens is 258 g/mol. The molecule has 20 heavy (non-hydrogen) atoms. The number of aromatic amines is 1. The van der Waals surface area contributed by atoms with Crippen LogP contribution in [0.2, 0.25) is 0 Å². The predicted molar refractivity (Wildman–Crippen MR) is 78.1 cm³/mol. The van der Waals surface area contributed by atoms with E-state index in [1.165, 1.54) is 6.07 Å². The number of hydrogen-bond acceptors (Lipinski definition) is 5. The second-order valence-corrected chi connectivity index (χ2v) is 5.17. The molecule has 6 nitrogen and oxygen atoms in total. The normalized spacial score (nSPS) is 10.9. The molecule has 0 saturated heterocycles. The first-order valence-corrected chi connectivity index (χ1v) is 6.88. The number of carbonyl (C=O) groups is 1. The third-order valence-corrected chi connectivity index (χ3v) is 2.82. The molecule has 1 heterocycles. The first-order valence-electron chi connectivity index (χ1n) is 6.88. The first-order chi connectivity index (χ1) is 9.35. The van der Waals surface area contributed by atoms with Crippen molar-refractivity contribution in [1.29, 1.82) is 0 Å². The highest BCUT2D eigenvalue weighted by Gasteiger charge is 2.18. The largest absolute Gasteiger partial charge is 0.465 e. The van der Waals surface area contributed by atoms with Crippen LogP contribution in [0, 0.1) is 0 Å². The van der Waals surface area contributed by atoms with Gasteiger partial charge < -0.3 is 14.6 Å². The van der Waals surface area contributed by atoms with E-state index >= 15 is 0 Å². The Labute approximate surface area is 119 Å². The van der Waals surface area contributed by atoms with E-state index in [2.05, 4.69) is 9.97 Å². The van der Waals surface area contributed by atoms with E-state index in [1.807, 2.05) is 27.7 Å². The first kappa shape index (κ1) is 16.2. The molecule has 0 fully saturated rings. The lowest BCUT2D eigenvalue weighted by molar-refractivity contribution is -0.141. The van der Waals surface area contributed by atoms with Gasteiger partial charge >= 0.3 is 5.97 Å². The molecule has 0 aromatic carbocycles. The number of anilines is 1. The van der Waals surface area contributed by atoms with Gasteiger partial charge in [-0.15, -0.1) is 0 Å². The monoisotopic (exact) mass is 281 g/mol. The van der Waals surface area contributed by atoms with Crippen LogP contribution in [0.4, 0.5) is 5.82 Å². The third kappa shape index (κ3) is 4.36. The van der Waals surface area contributed by atoms with E-state index in [-0.39, 0.29) is 30.0 Å². The smallest absolute Gasteiger partial charge is 0.325 e. The van der Waals surface area contributed by atoms with Crippen LogP contribution < -0.4 is 10.5 Å². The summed E-state index contributed by atoms with van der Waals surface area (Å²) in [5, 5.41) is 0. The Morgan fingerprint density at radius 1 is 1.40 bits per heavy atom. The molecule has 0 amide bonds. The molecule has 0 radical (unpaired) electrons. The van der Waals surface area contributed by atoms with Crippen LogP contribution in [0.5, 0.6) is 0 Å². The summed E-state index contributed by atoms with van der Waals surface area (Å²) < 4.78 is 4.96. The Kier molecular flexibility index (Phi) is 5.73. The molecule has 0 saturated carbocycles. The minimum atomic E-state index is -0.325. The van der Waals surface area contributed by atoms with E-state index in [0.29, 0.717) is 18.2 Å². The lowest BCUT2D eigenvalue weighted by Gasteiger charge is -2.27. The minimum Gasteiger partial charge on any atom is -0.465 e. The Hall–Kier alpha value is -1.85. The summed E-state index contributed by atoms with van der Waals surface area (Å²) in [6, 6.07) is 1.44. The molecule has 0 unspecified atom stereocenters. The van der Waals surface area contributed by atoms with E-state index in [1.54, 1.807) is 11.8 Å². The summed E-state index contributed by atoms with van der Waals surface area (Å²) in [7, 11) is 0. The zero-order valence-electron chi connectivity index (χ0n) is 12.8. The van der Waals surface area contributed by atoms with E-state index in [9.17, 15) is 9.59 Å². The van der Waals surface area contributed by atoms with Crippen LogP contribution in [-0.2, 0) is 9.53 Å². The van der Waals surface area contributed by atoms with Gasteiger partial charge in [0.15, 0.2) is 0 Å². The highest BCUT2D eigenvalue weighted by molar-refractivity contribution is 5.75. The lowest BCUT2D eigenvalue weighted by atomic mass is 10.2. The number of H-pyrrole nitrogens is 1.